The van der Waals surface area contributed by atoms with Crippen LogP contribution in [0, 0.1) is 0 Å². The maximum absolute atomic E-state index is 12.1. The first kappa shape index (κ1) is 14.1. The number of hydrogen-bond acceptors (Lipinski definition) is 3. The van der Waals surface area contributed by atoms with Gasteiger partial charge in [-0.3, -0.25) is 9.78 Å². The van der Waals surface area contributed by atoms with E-state index < -0.39 is 0 Å². The molecule has 0 saturated heterocycles. The van der Waals surface area contributed by atoms with Crippen LogP contribution in [0.5, 0.6) is 5.75 Å². The molecule has 1 heterocycles. The van der Waals surface area contributed by atoms with Crippen LogP contribution < -0.4 is 5.56 Å². The fraction of sp³-hybridized carbons (Fsp3) is 0.111. The first-order chi connectivity index (χ1) is 10.7. The lowest BCUT2D eigenvalue weighted by Crippen LogP contribution is -2.17. The molecule has 0 aliphatic heterocycles. The summed E-state index contributed by atoms with van der Waals surface area (Å²) in [5.74, 6) is 0.212. The number of phenolic OH excluding ortho intramolecular Hbond substituents is 1. The Morgan fingerprint density at radius 3 is 2.27 bits per heavy atom. The van der Waals surface area contributed by atoms with Gasteiger partial charge in [-0.15, -0.1) is 0 Å². The highest BCUT2D eigenvalue weighted by atomic mass is 16.3. The third kappa shape index (κ3) is 3.41. The summed E-state index contributed by atoms with van der Waals surface area (Å²) in [7, 11) is 0. The van der Waals surface area contributed by atoms with Gasteiger partial charge in [0, 0.05) is 24.7 Å². The van der Waals surface area contributed by atoms with Crippen molar-refractivity contribution in [2.45, 2.75) is 12.8 Å². The summed E-state index contributed by atoms with van der Waals surface area (Å²) >= 11 is 0. The highest BCUT2D eigenvalue weighted by Gasteiger charge is 2.05. The zero-order valence-electron chi connectivity index (χ0n) is 12.0. The van der Waals surface area contributed by atoms with Gasteiger partial charge >= 0.3 is 0 Å². The summed E-state index contributed by atoms with van der Waals surface area (Å²) in [5, 5.41) is 9.27. The van der Waals surface area contributed by atoms with Crippen LogP contribution in [-0.2, 0) is 12.8 Å². The summed E-state index contributed by atoms with van der Waals surface area (Å²) in [6, 6.07) is 16.7. The molecule has 3 rings (SSSR count). The van der Waals surface area contributed by atoms with Gasteiger partial charge in [0.2, 0.25) is 0 Å². The van der Waals surface area contributed by atoms with E-state index in [2.05, 4.69) is 9.97 Å². The SMILES string of the molecule is O=c1[nH]c(Cc2ccccc2)cnc1Cc1ccc(O)cc1. The number of H-pyrrole nitrogens is 1. The second kappa shape index (κ2) is 6.26. The van der Waals surface area contributed by atoms with E-state index in [0.29, 0.717) is 18.5 Å². The van der Waals surface area contributed by atoms with Gasteiger partial charge in [0.1, 0.15) is 11.4 Å². The molecule has 0 saturated carbocycles. The molecule has 0 spiro atoms. The number of nitrogens with one attached hydrogen (secondary N) is 1. The monoisotopic (exact) mass is 292 g/mol. The number of hydrogen-bond donors (Lipinski definition) is 2. The van der Waals surface area contributed by atoms with Crippen LogP contribution in [0.4, 0.5) is 0 Å². The lowest BCUT2D eigenvalue weighted by molar-refractivity contribution is 0.475. The normalized spacial score (nSPS) is 10.5. The summed E-state index contributed by atoms with van der Waals surface area (Å²) in [5.41, 5.74) is 3.17. The highest BCUT2D eigenvalue weighted by Crippen LogP contribution is 2.12. The summed E-state index contributed by atoms with van der Waals surface area (Å²) in [4.78, 5) is 19.3. The van der Waals surface area contributed by atoms with Gasteiger partial charge in [-0.2, -0.15) is 0 Å². The molecule has 4 nitrogen and oxygen atoms in total. The summed E-state index contributed by atoms with van der Waals surface area (Å²) < 4.78 is 0. The molecule has 2 N–H and O–H groups in total. The maximum atomic E-state index is 12.1. The third-order valence-corrected chi connectivity index (χ3v) is 3.46. The predicted molar refractivity (Wildman–Crippen MR) is 85.0 cm³/mol. The number of nitrogens with zero attached hydrogens (tertiary/aromatic N) is 1. The number of aromatic hydroxyl groups is 1. The third-order valence-electron chi connectivity index (χ3n) is 3.46. The van der Waals surface area contributed by atoms with Crippen LogP contribution in [0.1, 0.15) is 22.5 Å². The van der Waals surface area contributed by atoms with Gasteiger partial charge in [-0.25, -0.2) is 0 Å². The number of rotatable bonds is 4. The average Bonchev–Trinajstić information content (AvgIpc) is 2.53. The van der Waals surface area contributed by atoms with Crippen molar-refractivity contribution in [3.8, 4) is 5.75 Å². The first-order valence-electron chi connectivity index (χ1n) is 7.09. The number of phenols is 1. The van der Waals surface area contributed by atoms with Crippen LogP contribution in [0.15, 0.2) is 65.6 Å². The van der Waals surface area contributed by atoms with Crippen molar-refractivity contribution in [2.75, 3.05) is 0 Å². The standard InChI is InChI=1S/C18H16N2O2/c21-16-8-6-14(7-9-16)11-17-18(22)20-15(12-19-17)10-13-4-2-1-3-5-13/h1-9,12,21H,10-11H2,(H,20,22). The Bertz CT molecular complexity index is 808. The number of aromatic nitrogens is 2. The van der Waals surface area contributed by atoms with Crippen LogP contribution in [0.25, 0.3) is 0 Å². The second-order valence-electron chi connectivity index (χ2n) is 5.19. The molecule has 0 radical (unpaired) electrons. The quantitative estimate of drug-likeness (QED) is 0.777. The molecule has 0 fully saturated rings. The van der Waals surface area contributed by atoms with Crippen LogP contribution in [-0.4, -0.2) is 15.1 Å². The predicted octanol–water partition coefficient (Wildman–Crippen LogP) is 2.66. The van der Waals surface area contributed by atoms with E-state index in [-0.39, 0.29) is 11.3 Å². The average molecular weight is 292 g/mol. The fourth-order valence-electron chi connectivity index (χ4n) is 2.30. The van der Waals surface area contributed by atoms with Crippen molar-refractivity contribution in [1.29, 1.82) is 0 Å². The Kier molecular flexibility index (Phi) is 4.01. The second-order valence-corrected chi connectivity index (χ2v) is 5.19. The largest absolute Gasteiger partial charge is 0.508 e. The topological polar surface area (TPSA) is 66.0 Å². The van der Waals surface area contributed by atoms with Gasteiger partial charge in [0.05, 0.1) is 0 Å². The molecule has 22 heavy (non-hydrogen) atoms. The molecule has 0 amide bonds. The molecule has 0 unspecified atom stereocenters. The fourth-order valence-corrected chi connectivity index (χ4v) is 2.30. The van der Waals surface area contributed by atoms with E-state index in [0.717, 1.165) is 16.8 Å². The van der Waals surface area contributed by atoms with E-state index in [1.165, 1.54) is 0 Å². The molecule has 4 heteroatoms. The Morgan fingerprint density at radius 2 is 1.59 bits per heavy atom. The lowest BCUT2D eigenvalue weighted by Gasteiger charge is -2.04. The van der Waals surface area contributed by atoms with Crippen molar-refractivity contribution in [3.63, 3.8) is 0 Å². The summed E-state index contributed by atoms with van der Waals surface area (Å²) in [6.07, 6.45) is 2.81. The van der Waals surface area contributed by atoms with Gasteiger partial charge in [-0.05, 0) is 23.3 Å². The van der Waals surface area contributed by atoms with E-state index in [9.17, 15) is 9.90 Å². The minimum absolute atomic E-state index is 0.165. The number of benzene rings is 2. The Hall–Kier alpha value is -2.88. The summed E-state index contributed by atoms with van der Waals surface area (Å²) in [6.45, 7) is 0. The zero-order valence-corrected chi connectivity index (χ0v) is 12.0. The molecule has 0 aliphatic carbocycles. The van der Waals surface area contributed by atoms with Gasteiger partial charge < -0.3 is 10.1 Å². The van der Waals surface area contributed by atoms with Crippen molar-refractivity contribution >= 4 is 0 Å². The molecule has 0 bridgehead atoms. The first-order valence-corrected chi connectivity index (χ1v) is 7.09. The molecule has 0 aliphatic rings. The minimum Gasteiger partial charge on any atom is -0.508 e. The van der Waals surface area contributed by atoms with Crippen molar-refractivity contribution < 1.29 is 5.11 Å². The van der Waals surface area contributed by atoms with Crippen LogP contribution in [0.3, 0.4) is 0 Å². The highest BCUT2D eigenvalue weighted by molar-refractivity contribution is 5.28. The molecule has 1 aromatic heterocycles. The maximum Gasteiger partial charge on any atom is 0.270 e. The van der Waals surface area contributed by atoms with Gasteiger partial charge in [0.15, 0.2) is 0 Å². The van der Waals surface area contributed by atoms with Gasteiger partial charge in [0.25, 0.3) is 5.56 Å². The molecular formula is C18H16N2O2. The molecule has 3 aromatic rings. The van der Waals surface area contributed by atoms with E-state index >= 15 is 0 Å². The van der Waals surface area contributed by atoms with Crippen molar-refractivity contribution in [2.24, 2.45) is 0 Å². The van der Waals surface area contributed by atoms with E-state index in [1.807, 2.05) is 30.3 Å². The number of aromatic amines is 1. The van der Waals surface area contributed by atoms with E-state index in [1.54, 1.807) is 30.5 Å². The smallest absolute Gasteiger partial charge is 0.270 e. The molecule has 0 atom stereocenters. The Morgan fingerprint density at radius 1 is 0.909 bits per heavy atom. The van der Waals surface area contributed by atoms with Crippen LogP contribution in [0.2, 0.25) is 0 Å². The molecular weight excluding hydrogens is 276 g/mol. The van der Waals surface area contributed by atoms with Crippen molar-refractivity contribution in [3.05, 3.63) is 93.7 Å². The minimum atomic E-state index is -0.165. The lowest BCUT2D eigenvalue weighted by atomic mass is 10.1. The van der Waals surface area contributed by atoms with Crippen molar-refractivity contribution in [1.82, 2.24) is 9.97 Å². The van der Waals surface area contributed by atoms with Crippen LogP contribution >= 0.6 is 0 Å². The van der Waals surface area contributed by atoms with E-state index in [4.69, 9.17) is 0 Å². The zero-order chi connectivity index (χ0) is 15.4. The molecule has 110 valence electrons. The Balaban J connectivity index is 1.77. The molecule has 2 aromatic carbocycles. The Labute approximate surface area is 128 Å². The van der Waals surface area contributed by atoms with Gasteiger partial charge in [-0.1, -0.05) is 42.5 Å².